The van der Waals surface area contributed by atoms with Crippen molar-refractivity contribution in [1.82, 2.24) is 0 Å². The summed E-state index contributed by atoms with van der Waals surface area (Å²) >= 11 is 0. The van der Waals surface area contributed by atoms with Gasteiger partial charge < -0.3 is 0 Å². The Balaban J connectivity index is 3.88. The fourth-order valence-electron chi connectivity index (χ4n) is 3.85. The Morgan fingerprint density at radius 2 is 0.826 bits per heavy atom. The van der Waals surface area contributed by atoms with Crippen molar-refractivity contribution in [1.29, 1.82) is 0 Å². The molecule has 0 rings (SSSR count). The molecule has 0 aromatic heterocycles. The lowest BCUT2D eigenvalue weighted by molar-refractivity contribution is 0.276. The Hall–Kier alpha value is 0. The molecule has 0 aliphatic carbocycles. The van der Waals surface area contributed by atoms with E-state index >= 15 is 0 Å². The second-order valence-corrected chi connectivity index (χ2v) is 7.99. The summed E-state index contributed by atoms with van der Waals surface area (Å²) in [5.41, 5.74) is 0. The van der Waals surface area contributed by atoms with E-state index < -0.39 is 0 Å². The Morgan fingerprint density at radius 3 is 1.26 bits per heavy atom. The first kappa shape index (κ1) is 23.0. The SMILES string of the molecule is CCCCCCCCC(CCCCCCCC)C(C)CCCC. The van der Waals surface area contributed by atoms with Crippen molar-refractivity contribution in [2.24, 2.45) is 11.8 Å². The third-order valence-corrected chi connectivity index (χ3v) is 5.67. The minimum atomic E-state index is 0.959. The second kappa shape index (κ2) is 18.3. The molecule has 0 N–H and O–H groups in total. The van der Waals surface area contributed by atoms with E-state index in [1.54, 1.807) is 0 Å². The Bertz CT molecular complexity index is 192. The third-order valence-electron chi connectivity index (χ3n) is 5.67. The quantitative estimate of drug-likeness (QED) is 0.221. The van der Waals surface area contributed by atoms with E-state index in [-0.39, 0.29) is 0 Å². The Morgan fingerprint density at radius 1 is 0.435 bits per heavy atom. The molecule has 1 unspecified atom stereocenters. The number of hydrogen-bond acceptors (Lipinski definition) is 0. The van der Waals surface area contributed by atoms with Gasteiger partial charge in [-0.05, 0) is 11.8 Å². The predicted octanol–water partition coefficient (Wildman–Crippen LogP) is 8.93. The summed E-state index contributed by atoms with van der Waals surface area (Å²) in [6.45, 7) is 9.50. The van der Waals surface area contributed by atoms with Crippen LogP contribution < -0.4 is 0 Å². The molecule has 0 heteroatoms. The minimum Gasteiger partial charge on any atom is -0.0654 e. The zero-order valence-corrected chi connectivity index (χ0v) is 17.2. The smallest absolute Gasteiger partial charge is 0.0388 e. The third kappa shape index (κ3) is 15.3. The van der Waals surface area contributed by atoms with Crippen molar-refractivity contribution in [3.63, 3.8) is 0 Å². The van der Waals surface area contributed by atoms with Crippen LogP contribution in [0.25, 0.3) is 0 Å². The molecule has 0 aliphatic rings. The van der Waals surface area contributed by atoms with Crippen molar-refractivity contribution in [3.05, 3.63) is 0 Å². The molecule has 0 saturated heterocycles. The van der Waals surface area contributed by atoms with Crippen LogP contribution in [-0.4, -0.2) is 0 Å². The molecule has 0 spiro atoms. The lowest BCUT2D eigenvalue weighted by Crippen LogP contribution is -2.12. The van der Waals surface area contributed by atoms with Crippen LogP contribution in [0.4, 0.5) is 0 Å². The summed E-state index contributed by atoms with van der Waals surface area (Å²) in [4.78, 5) is 0. The molecular formula is C23H48. The standard InChI is InChI=1S/C23H48/c1-5-8-11-13-15-17-20-23(22(4)19-10-7-3)21-18-16-14-12-9-6-2/h22-23H,5-21H2,1-4H3. The lowest BCUT2D eigenvalue weighted by Gasteiger charge is -2.24. The molecule has 0 aliphatic heterocycles. The molecule has 0 heterocycles. The van der Waals surface area contributed by atoms with Gasteiger partial charge in [-0.25, -0.2) is 0 Å². The van der Waals surface area contributed by atoms with E-state index in [2.05, 4.69) is 27.7 Å². The van der Waals surface area contributed by atoms with E-state index in [0.717, 1.165) is 11.8 Å². The molecule has 0 fully saturated rings. The summed E-state index contributed by atoms with van der Waals surface area (Å²) in [5, 5.41) is 0. The number of hydrogen-bond donors (Lipinski definition) is 0. The van der Waals surface area contributed by atoms with Gasteiger partial charge in [-0.15, -0.1) is 0 Å². The maximum atomic E-state index is 2.54. The van der Waals surface area contributed by atoms with Gasteiger partial charge in [0.1, 0.15) is 0 Å². The van der Waals surface area contributed by atoms with Crippen molar-refractivity contribution >= 4 is 0 Å². The topological polar surface area (TPSA) is 0 Å². The molecule has 23 heavy (non-hydrogen) atoms. The molecular weight excluding hydrogens is 276 g/mol. The summed E-state index contributed by atoms with van der Waals surface area (Å²) < 4.78 is 0. The fraction of sp³-hybridized carbons (Fsp3) is 1.00. The molecule has 0 amide bonds. The van der Waals surface area contributed by atoms with Gasteiger partial charge in [0.15, 0.2) is 0 Å². The van der Waals surface area contributed by atoms with Crippen LogP contribution in [0.1, 0.15) is 137 Å². The fourth-order valence-corrected chi connectivity index (χ4v) is 3.85. The van der Waals surface area contributed by atoms with Crippen molar-refractivity contribution in [2.45, 2.75) is 137 Å². The van der Waals surface area contributed by atoms with Crippen LogP contribution in [-0.2, 0) is 0 Å². The molecule has 0 saturated carbocycles. The Labute approximate surface area is 149 Å². The van der Waals surface area contributed by atoms with E-state index in [1.807, 2.05) is 0 Å². The molecule has 0 bridgehead atoms. The van der Waals surface area contributed by atoms with E-state index in [0.29, 0.717) is 0 Å². The monoisotopic (exact) mass is 324 g/mol. The second-order valence-electron chi connectivity index (χ2n) is 7.99. The number of unbranched alkanes of at least 4 members (excludes halogenated alkanes) is 11. The van der Waals surface area contributed by atoms with Gasteiger partial charge in [0.05, 0.1) is 0 Å². The van der Waals surface area contributed by atoms with E-state index in [9.17, 15) is 0 Å². The molecule has 140 valence electrons. The van der Waals surface area contributed by atoms with Crippen molar-refractivity contribution in [2.75, 3.05) is 0 Å². The maximum Gasteiger partial charge on any atom is -0.0388 e. The van der Waals surface area contributed by atoms with Crippen molar-refractivity contribution < 1.29 is 0 Å². The van der Waals surface area contributed by atoms with Crippen molar-refractivity contribution in [3.8, 4) is 0 Å². The predicted molar refractivity (Wildman–Crippen MR) is 108 cm³/mol. The largest absolute Gasteiger partial charge is 0.0654 e. The normalized spacial score (nSPS) is 12.9. The van der Waals surface area contributed by atoms with Gasteiger partial charge in [0.25, 0.3) is 0 Å². The highest BCUT2D eigenvalue weighted by Crippen LogP contribution is 2.29. The molecule has 0 aromatic rings. The van der Waals surface area contributed by atoms with Crippen LogP contribution in [0.5, 0.6) is 0 Å². The van der Waals surface area contributed by atoms with Crippen LogP contribution in [0.2, 0.25) is 0 Å². The summed E-state index contributed by atoms with van der Waals surface area (Å²) in [5.74, 6) is 1.97. The summed E-state index contributed by atoms with van der Waals surface area (Å²) in [7, 11) is 0. The first-order chi connectivity index (χ1) is 11.3. The van der Waals surface area contributed by atoms with Gasteiger partial charge in [-0.3, -0.25) is 0 Å². The van der Waals surface area contributed by atoms with Gasteiger partial charge >= 0.3 is 0 Å². The molecule has 0 aromatic carbocycles. The highest BCUT2D eigenvalue weighted by Gasteiger charge is 2.16. The van der Waals surface area contributed by atoms with Gasteiger partial charge in [-0.2, -0.15) is 0 Å². The first-order valence-electron chi connectivity index (χ1n) is 11.3. The molecule has 1 atom stereocenters. The zero-order valence-electron chi connectivity index (χ0n) is 17.2. The maximum absolute atomic E-state index is 2.54. The molecule has 0 nitrogen and oxygen atoms in total. The van der Waals surface area contributed by atoms with E-state index in [4.69, 9.17) is 0 Å². The van der Waals surface area contributed by atoms with Gasteiger partial charge in [0.2, 0.25) is 0 Å². The Kier molecular flexibility index (Phi) is 18.3. The minimum absolute atomic E-state index is 0.959. The zero-order chi connectivity index (χ0) is 17.2. The highest BCUT2D eigenvalue weighted by molar-refractivity contribution is 4.68. The van der Waals surface area contributed by atoms with Gasteiger partial charge in [-0.1, -0.05) is 137 Å². The average molecular weight is 325 g/mol. The summed E-state index contributed by atoms with van der Waals surface area (Å²) in [6.07, 6.45) is 24.7. The van der Waals surface area contributed by atoms with Crippen LogP contribution in [0, 0.1) is 11.8 Å². The first-order valence-corrected chi connectivity index (χ1v) is 11.3. The summed E-state index contributed by atoms with van der Waals surface area (Å²) in [6, 6.07) is 0. The number of rotatable bonds is 18. The molecule has 0 radical (unpaired) electrons. The van der Waals surface area contributed by atoms with Gasteiger partial charge in [0, 0.05) is 0 Å². The van der Waals surface area contributed by atoms with Crippen LogP contribution >= 0.6 is 0 Å². The van der Waals surface area contributed by atoms with E-state index in [1.165, 1.54) is 109 Å². The van der Waals surface area contributed by atoms with Crippen LogP contribution in [0.15, 0.2) is 0 Å². The van der Waals surface area contributed by atoms with Crippen LogP contribution in [0.3, 0.4) is 0 Å². The lowest BCUT2D eigenvalue weighted by atomic mass is 9.82. The highest BCUT2D eigenvalue weighted by atomic mass is 14.2. The average Bonchev–Trinajstić information content (AvgIpc) is 2.56.